The second kappa shape index (κ2) is 8.20. The molecule has 2 atom stereocenters. The van der Waals surface area contributed by atoms with Crippen molar-refractivity contribution in [3.8, 4) is 0 Å². The van der Waals surface area contributed by atoms with Gasteiger partial charge in [-0.2, -0.15) is 0 Å². The van der Waals surface area contributed by atoms with Gasteiger partial charge in [0.25, 0.3) is 0 Å². The van der Waals surface area contributed by atoms with E-state index in [1.807, 2.05) is 0 Å². The van der Waals surface area contributed by atoms with E-state index in [1.54, 1.807) is 0 Å². The summed E-state index contributed by atoms with van der Waals surface area (Å²) >= 11 is 0. The van der Waals surface area contributed by atoms with Crippen LogP contribution in [0.25, 0.3) is 0 Å². The number of piperidine rings is 1. The number of aliphatic hydroxyl groups excluding tert-OH is 1. The van der Waals surface area contributed by atoms with E-state index in [4.69, 9.17) is 15.6 Å². The van der Waals surface area contributed by atoms with E-state index >= 15 is 0 Å². The van der Waals surface area contributed by atoms with Crippen LogP contribution in [-0.4, -0.2) is 55.0 Å². The first-order valence-corrected chi connectivity index (χ1v) is 8.01. The van der Waals surface area contributed by atoms with Crippen LogP contribution in [-0.2, 0) is 4.74 Å². The lowest BCUT2D eigenvalue weighted by molar-refractivity contribution is -0.0211. The van der Waals surface area contributed by atoms with Gasteiger partial charge in [0.05, 0.1) is 19.3 Å². The molecule has 0 radical (unpaired) electrons. The average molecular weight is 270 g/mol. The summed E-state index contributed by atoms with van der Waals surface area (Å²) in [4.78, 5) is 2.65. The number of nitrogens with two attached hydrogens (primary N) is 1. The predicted molar refractivity (Wildman–Crippen MR) is 77.1 cm³/mol. The zero-order valence-electron chi connectivity index (χ0n) is 12.1. The van der Waals surface area contributed by atoms with Gasteiger partial charge in [0, 0.05) is 19.1 Å². The minimum absolute atomic E-state index is 0.137. The van der Waals surface area contributed by atoms with Gasteiger partial charge in [-0.05, 0) is 38.1 Å². The van der Waals surface area contributed by atoms with Crippen LogP contribution in [0.15, 0.2) is 0 Å². The van der Waals surface area contributed by atoms with Crippen LogP contribution in [0.2, 0.25) is 0 Å². The van der Waals surface area contributed by atoms with E-state index in [2.05, 4.69) is 4.90 Å². The zero-order valence-corrected chi connectivity index (χ0v) is 12.1. The number of ether oxygens (including phenoxy) is 1. The van der Waals surface area contributed by atoms with E-state index < -0.39 is 0 Å². The molecule has 1 heterocycles. The van der Waals surface area contributed by atoms with E-state index in [9.17, 15) is 0 Å². The average Bonchev–Trinajstić information content (AvgIpc) is 2.70. The maximum Gasteiger partial charge on any atom is 0.0701 e. The molecule has 1 saturated heterocycles. The molecule has 2 aliphatic rings. The summed E-state index contributed by atoms with van der Waals surface area (Å²) < 4.78 is 5.64. The molecule has 0 aromatic carbocycles. The predicted octanol–water partition coefficient (Wildman–Crippen LogP) is 1.37. The summed E-state index contributed by atoms with van der Waals surface area (Å²) in [6.45, 7) is 3.73. The Morgan fingerprint density at radius 2 is 1.79 bits per heavy atom. The van der Waals surface area contributed by atoms with Gasteiger partial charge in [-0.1, -0.05) is 19.3 Å². The normalized spacial score (nSPS) is 31.3. The summed E-state index contributed by atoms with van der Waals surface area (Å²) in [7, 11) is 0. The number of nitrogens with zero attached hydrogens (tertiary/aromatic N) is 1. The third-order valence-electron chi connectivity index (χ3n) is 4.81. The molecule has 0 bridgehead atoms. The monoisotopic (exact) mass is 270 g/mol. The second-order valence-electron chi connectivity index (χ2n) is 6.03. The standard InChI is InChI=1S/C15H30N2O2/c16-12-13-4-2-1-3-5-15(13)17-8-6-14(7-9-17)19-11-10-18/h13-15,18H,1-12,16H2. The molecule has 1 aliphatic heterocycles. The third kappa shape index (κ3) is 4.42. The van der Waals surface area contributed by atoms with Crippen LogP contribution in [0.4, 0.5) is 0 Å². The Bertz CT molecular complexity index is 242. The molecule has 0 aromatic heterocycles. The summed E-state index contributed by atoms with van der Waals surface area (Å²) in [5, 5.41) is 8.80. The summed E-state index contributed by atoms with van der Waals surface area (Å²) in [6, 6.07) is 0.700. The largest absolute Gasteiger partial charge is 0.394 e. The van der Waals surface area contributed by atoms with Gasteiger partial charge >= 0.3 is 0 Å². The Morgan fingerprint density at radius 3 is 2.47 bits per heavy atom. The van der Waals surface area contributed by atoms with Crippen molar-refractivity contribution in [2.75, 3.05) is 32.8 Å². The maximum atomic E-state index is 8.80. The Kier molecular flexibility index (Phi) is 6.57. The number of aliphatic hydroxyl groups is 1. The van der Waals surface area contributed by atoms with Crippen molar-refractivity contribution < 1.29 is 9.84 Å². The molecule has 2 unspecified atom stereocenters. The van der Waals surface area contributed by atoms with Crippen LogP contribution < -0.4 is 5.73 Å². The van der Waals surface area contributed by atoms with Crippen molar-refractivity contribution >= 4 is 0 Å². The van der Waals surface area contributed by atoms with Crippen LogP contribution in [0, 0.1) is 5.92 Å². The Morgan fingerprint density at radius 1 is 1.05 bits per heavy atom. The highest BCUT2D eigenvalue weighted by atomic mass is 16.5. The lowest BCUT2D eigenvalue weighted by Crippen LogP contribution is -2.48. The van der Waals surface area contributed by atoms with Gasteiger partial charge in [-0.15, -0.1) is 0 Å². The first-order chi connectivity index (χ1) is 9.35. The number of likely N-dealkylation sites (tertiary alicyclic amines) is 1. The molecule has 2 rings (SSSR count). The molecule has 0 spiro atoms. The van der Waals surface area contributed by atoms with Gasteiger partial charge in [-0.3, -0.25) is 4.90 Å². The molecule has 0 amide bonds. The topological polar surface area (TPSA) is 58.7 Å². The van der Waals surface area contributed by atoms with Gasteiger partial charge < -0.3 is 15.6 Å². The second-order valence-corrected chi connectivity index (χ2v) is 6.03. The third-order valence-corrected chi connectivity index (χ3v) is 4.81. The Labute approximate surface area is 117 Å². The summed E-state index contributed by atoms with van der Waals surface area (Å²) in [6.07, 6.45) is 9.29. The lowest BCUT2D eigenvalue weighted by Gasteiger charge is -2.40. The van der Waals surface area contributed by atoms with Crippen LogP contribution in [0.5, 0.6) is 0 Å². The van der Waals surface area contributed by atoms with Crippen molar-refractivity contribution in [1.29, 1.82) is 0 Å². The highest BCUT2D eigenvalue weighted by molar-refractivity contribution is 4.85. The molecule has 2 fully saturated rings. The van der Waals surface area contributed by atoms with Crippen LogP contribution in [0.1, 0.15) is 44.9 Å². The SMILES string of the molecule is NCC1CCCCCC1N1CCC(OCCO)CC1. The zero-order chi connectivity index (χ0) is 13.5. The highest BCUT2D eigenvalue weighted by Gasteiger charge is 2.30. The van der Waals surface area contributed by atoms with Crippen LogP contribution >= 0.6 is 0 Å². The fourth-order valence-corrected chi connectivity index (χ4v) is 3.71. The smallest absolute Gasteiger partial charge is 0.0701 e. The maximum absolute atomic E-state index is 8.80. The van der Waals surface area contributed by atoms with Crippen LogP contribution in [0.3, 0.4) is 0 Å². The summed E-state index contributed by atoms with van der Waals surface area (Å²) in [5.41, 5.74) is 5.98. The fourth-order valence-electron chi connectivity index (χ4n) is 3.71. The molecule has 4 heteroatoms. The molecule has 112 valence electrons. The van der Waals surface area contributed by atoms with Gasteiger partial charge in [0.2, 0.25) is 0 Å². The molecule has 4 nitrogen and oxygen atoms in total. The van der Waals surface area contributed by atoms with E-state index in [0.717, 1.165) is 32.5 Å². The van der Waals surface area contributed by atoms with Crippen molar-refractivity contribution in [2.24, 2.45) is 11.7 Å². The summed E-state index contributed by atoms with van der Waals surface area (Å²) in [5.74, 6) is 0.692. The fraction of sp³-hybridized carbons (Fsp3) is 1.00. The van der Waals surface area contributed by atoms with E-state index in [1.165, 1.54) is 32.1 Å². The number of hydrogen-bond acceptors (Lipinski definition) is 4. The van der Waals surface area contributed by atoms with E-state index in [0.29, 0.717) is 24.7 Å². The quantitative estimate of drug-likeness (QED) is 0.741. The molecule has 19 heavy (non-hydrogen) atoms. The molecule has 0 aromatic rings. The van der Waals surface area contributed by atoms with Gasteiger partial charge in [0.15, 0.2) is 0 Å². The number of rotatable bonds is 5. The Hall–Kier alpha value is -0.160. The molecule has 1 aliphatic carbocycles. The van der Waals surface area contributed by atoms with Gasteiger partial charge in [0.1, 0.15) is 0 Å². The lowest BCUT2D eigenvalue weighted by atomic mass is 9.91. The van der Waals surface area contributed by atoms with E-state index in [-0.39, 0.29) is 6.61 Å². The van der Waals surface area contributed by atoms with Crippen molar-refractivity contribution in [3.63, 3.8) is 0 Å². The van der Waals surface area contributed by atoms with Crippen molar-refractivity contribution in [2.45, 2.75) is 57.1 Å². The minimum atomic E-state index is 0.137. The Balaban J connectivity index is 1.81. The molecular formula is C15H30N2O2. The van der Waals surface area contributed by atoms with Crippen molar-refractivity contribution in [1.82, 2.24) is 4.90 Å². The molecular weight excluding hydrogens is 240 g/mol. The minimum Gasteiger partial charge on any atom is -0.394 e. The van der Waals surface area contributed by atoms with Crippen molar-refractivity contribution in [3.05, 3.63) is 0 Å². The molecule has 3 N–H and O–H groups in total. The molecule has 1 saturated carbocycles. The van der Waals surface area contributed by atoms with Gasteiger partial charge in [-0.25, -0.2) is 0 Å². The number of hydrogen-bond donors (Lipinski definition) is 2. The first kappa shape index (κ1) is 15.2. The first-order valence-electron chi connectivity index (χ1n) is 8.01. The highest BCUT2D eigenvalue weighted by Crippen LogP contribution is 2.29.